The Morgan fingerprint density at radius 1 is 0.963 bits per heavy atom. The van der Waals surface area contributed by atoms with Gasteiger partial charge in [0.05, 0.1) is 19.9 Å². The fraction of sp³-hybridized carbons (Fsp3) is 0.333. The van der Waals surface area contributed by atoms with Crippen LogP contribution in [0, 0.1) is 12.3 Å². The molecule has 6 heteroatoms. The van der Waals surface area contributed by atoms with E-state index in [4.69, 9.17) is 9.47 Å². The quantitative estimate of drug-likeness (QED) is 0.733. The molecule has 144 valence electrons. The third-order valence-corrected chi connectivity index (χ3v) is 4.36. The second kappa shape index (κ2) is 8.58. The largest absolute Gasteiger partial charge is 0.497 e. The first-order chi connectivity index (χ1) is 12.8. The summed E-state index contributed by atoms with van der Waals surface area (Å²) in [6.07, 6.45) is 0. The second-order valence-corrected chi connectivity index (χ2v) is 6.81. The summed E-state index contributed by atoms with van der Waals surface area (Å²) in [6, 6.07) is 12.9. The van der Waals surface area contributed by atoms with Crippen LogP contribution < -0.4 is 20.1 Å². The number of aryl methyl sites for hydroxylation is 1. The molecule has 27 heavy (non-hydrogen) atoms. The van der Waals surface area contributed by atoms with Crippen molar-refractivity contribution in [2.75, 3.05) is 19.5 Å². The zero-order valence-electron chi connectivity index (χ0n) is 16.4. The zero-order valence-corrected chi connectivity index (χ0v) is 16.4. The van der Waals surface area contributed by atoms with E-state index in [1.165, 1.54) is 14.2 Å². The van der Waals surface area contributed by atoms with Crippen molar-refractivity contribution >= 4 is 17.5 Å². The molecule has 0 fully saturated rings. The van der Waals surface area contributed by atoms with Gasteiger partial charge in [0.1, 0.15) is 16.9 Å². The molecular weight excluding hydrogens is 344 g/mol. The SMILES string of the molecule is COc1ccc(OC)c(NC(=O)C(C)(C)C(=O)NCc2ccc(C)cc2)c1. The zero-order chi connectivity index (χ0) is 20.0. The molecule has 2 aromatic carbocycles. The summed E-state index contributed by atoms with van der Waals surface area (Å²) in [5, 5.41) is 5.58. The maximum absolute atomic E-state index is 12.7. The summed E-state index contributed by atoms with van der Waals surface area (Å²) in [7, 11) is 3.05. The minimum atomic E-state index is -1.27. The molecule has 0 unspecified atom stereocenters. The summed E-state index contributed by atoms with van der Waals surface area (Å²) in [5.74, 6) is 0.269. The number of hydrogen-bond donors (Lipinski definition) is 2. The highest BCUT2D eigenvalue weighted by Gasteiger charge is 2.36. The number of carbonyl (C=O) groups excluding carboxylic acids is 2. The van der Waals surface area contributed by atoms with Crippen LogP contribution in [-0.4, -0.2) is 26.0 Å². The molecule has 0 spiro atoms. The van der Waals surface area contributed by atoms with E-state index in [1.807, 2.05) is 31.2 Å². The van der Waals surface area contributed by atoms with Gasteiger partial charge in [0.25, 0.3) is 0 Å². The Balaban J connectivity index is 2.07. The number of nitrogens with one attached hydrogen (secondary N) is 2. The number of hydrogen-bond acceptors (Lipinski definition) is 4. The maximum Gasteiger partial charge on any atom is 0.239 e. The summed E-state index contributed by atoms with van der Waals surface area (Å²) >= 11 is 0. The Labute approximate surface area is 159 Å². The minimum Gasteiger partial charge on any atom is -0.497 e. The molecule has 0 saturated heterocycles. The van der Waals surface area contributed by atoms with E-state index in [1.54, 1.807) is 32.0 Å². The van der Waals surface area contributed by atoms with Crippen LogP contribution in [0.15, 0.2) is 42.5 Å². The van der Waals surface area contributed by atoms with Crippen LogP contribution in [0.1, 0.15) is 25.0 Å². The van der Waals surface area contributed by atoms with Gasteiger partial charge < -0.3 is 20.1 Å². The van der Waals surface area contributed by atoms with Gasteiger partial charge in [-0.1, -0.05) is 29.8 Å². The molecule has 0 atom stereocenters. The van der Waals surface area contributed by atoms with Crippen molar-refractivity contribution in [3.05, 3.63) is 53.6 Å². The van der Waals surface area contributed by atoms with Gasteiger partial charge in [-0.15, -0.1) is 0 Å². The molecule has 6 nitrogen and oxygen atoms in total. The molecule has 0 radical (unpaired) electrons. The molecule has 2 N–H and O–H groups in total. The predicted octanol–water partition coefficient (Wildman–Crippen LogP) is 3.29. The van der Waals surface area contributed by atoms with E-state index in [0.29, 0.717) is 23.7 Å². The Morgan fingerprint density at radius 3 is 2.22 bits per heavy atom. The molecule has 2 amide bonds. The molecule has 0 aliphatic carbocycles. The Bertz CT molecular complexity index is 813. The van der Waals surface area contributed by atoms with E-state index < -0.39 is 11.3 Å². The maximum atomic E-state index is 12.7. The summed E-state index contributed by atoms with van der Waals surface area (Å²) < 4.78 is 10.4. The number of ether oxygens (including phenoxy) is 2. The monoisotopic (exact) mass is 370 g/mol. The lowest BCUT2D eigenvalue weighted by Gasteiger charge is -2.23. The van der Waals surface area contributed by atoms with Crippen LogP contribution in [0.4, 0.5) is 5.69 Å². The number of rotatable bonds is 7. The number of methoxy groups -OCH3 is 2. The van der Waals surface area contributed by atoms with Crippen LogP contribution >= 0.6 is 0 Å². The molecule has 0 aromatic heterocycles. The average molecular weight is 370 g/mol. The molecule has 0 heterocycles. The molecule has 0 saturated carbocycles. The van der Waals surface area contributed by atoms with E-state index in [2.05, 4.69) is 10.6 Å². The molecular formula is C21H26N2O4. The van der Waals surface area contributed by atoms with Crippen molar-refractivity contribution in [3.8, 4) is 11.5 Å². The fourth-order valence-electron chi connectivity index (χ4n) is 2.40. The van der Waals surface area contributed by atoms with Gasteiger partial charge in [-0.2, -0.15) is 0 Å². The molecule has 0 bridgehead atoms. The predicted molar refractivity (Wildman–Crippen MR) is 105 cm³/mol. The Morgan fingerprint density at radius 2 is 1.63 bits per heavy atom. The fourth-order valence-corrected chi connectivity index (χ4v) is 2.40. The Hall–Kier alpha value is -3.02. The number of carbonyl (C=O) groups is 2. The highest BCUT2D eigenvalue weighted by atomic mass is 16.5. The molecule has 0 aliphatic rings. The van der Waals surface area contributed by atoms with Crippen LogP contribution in [0.3, 0.4) is 0 Å². The van der Waals surface area contributed by atoms with E-state index in [-0.39, 0.29) is 5.91 Å². The number of benzene rings is 2. The number of amides is 2. The lowest BCUT2D eigenvalue weighted by atomic mass is 9.90. The van der Waals surface area contributed by atoms with Crippen LogP contribution in [-0.2, 0) is 16.1 Å². The number of anilines is 1. The van der Waals surface area contributed by atoms with Gasteiger partial charge in [0.15, 0.2) is 0 Å². The van der Waals surface area contributed by atoms with Gasteiger partial charge in [0, 0.05) is 12.6 Å². The lowest BCUT2D eigenvalue weighted by molar-refractivity contribution is -0.138. The van der Waals surface area contributed by atoms with E-state index in [9.17, 15) is 9.59 Å². The van der Waals surface area contributed by atoms with Gasteiger partial charge in [-0.3, -0.25) is 9.59 Å². The average Bonchev–Trinajstić information content (AvgIpc) is 2.67. The smallest absolute Gasteiger partial charge is 0.239 e. The minimum absolute atomic E-state index is 0.359. The topological polar surface area (TPSA) is 76.7 Å². The van der Waals surface area contributed by atoms with Gasteiger partial charge in [-0.05, 0) is 38.5 Å². The van der Waals surface area contributed by atoms with Crippen LogP contribution in [0.25, 0.3) is 0 Å². The van der Waals surface area contributed by atoms with Gasteiger partial charge in [-0.25, -0.2) is 0 Å². The first kappa shape index (κ1) is 20.3. The highest BCUT2D eigenvalue weighted by molar-refractivity contribution is 6.10. The summed E-state index contributed by atoms with van der Waals surface area (Å²) in [6.45, 7) is 5.53. The van der Waals surface area contributed by atoms with Crippen LogP contribution in [0.2, 0.25) is 0 Å². The van der Waals surface area contributed by atoms with E-state index in [0.717, 1.165) is 11.1 Å². The summed E-state index contributed by atoms with van der Waals surface area (Å²) in [5.41, 5.74) is 1.30. The van der Waals surface area contributed by atoms with Crippen molar-refractivity contribution in [3.63, 3.8) is 0 Å². The third kappa shape index (κ3) is 5.00. The third-order valence-electron chi connectivity index (χ3n) is 4.36. The molecule has 0 aliphatic heterocycles. The first-order valence-electron chi connectivity index (χ1n) is 8.65. The lowest BCUT2D eigenvalue weighted by Crippen LogP contribution is -2.44. The van der Waals surface area contributed by atoms with Gasteiger partial charge >= 0.3 is 0 Å². The normalized spacial score (nSPS) is 10.9. The first-order valence-corrected chi connectivity index (χ1v) is 8.65. The van der Waals surface area contributed by atoms with Crippen molar-refractivity contribution in [2.24, 2.45) is 5.41 Å². The van der Waals surface area contributed by atoms with Crippen molar-refractivity contribution in [1.82, 2.24) is 5.32 Å². The highest BCUT2D eigenvalue weighted by Crippen LogP contribution is 2.30. The van der Waals surface area contributed by atoms with E-state index >= 15 is 0 Å². The summed E-state index contributed by atoms with van der Waals surface area (Å²) in [4.78, 5) is 25.3. The Kier molecular flexibility index (Phi) is 6.45. The van der Waals surface area contributed by atoms with Crippen molar-refractivity contribution in [2.45, 2.75) is 27.3 Å². The van der Waals surface area contributed by atoms with Crippen molar-refractivity contribution in [1.29, 1.82) is 0 Å². The molecule has 2 aromatic rings. The standard InChI is InChI=1S/C21H26N2O4/c1-14-6-8-15(9-7-14)13-22-19(24)21(2,3)20(25)23-17-12-16(26-4)10-11-18(17)27-5/h6-12H,13H2,1-5H3,(H,22,24)(H,23,25). The second-order valence-electron chi connectivity index (χ2n) is 6.81. The molecule has 2 rings (SSSR count). The van der Waals surface area contributed by atoms with Gasteiger partial charge in [0.2, 0.25) is 11.8 Å². The van der Waals surface area contributed by atoms with Crippen LogP contribution in [0.5, 0.6) is 11.5 Å². The van der Waals surface area contributed by atoms with Crippen molar-refractivity contribution < 1.29 is 19.1 Å².